The minimum absolute atomic E-state index is 0.0391. The van der Waals surface area contributed by atoms with Crippen LogP contribution in [-0.4, -0.2) is 22.0 Å². The van der Waals surface area contributed by atoms with E-state index in [1.54, 1.807) is 20.8 Å². The van der Waals surface area contributed by atoms with Crippen molar-refractivity contribution in [3.63, 3.8) is 0 Å². The van der Waals surface area contributed by atoms with E-state index in [-0.39, 0.29) is 18.4 Å². The molecule has 72 valence electrons. The first-order chi connectivity index (χ1) is 5.23. The van der Waals surface area contributed by atoms with Gasteiger partial charge >= 0.3 is 0 Å². The first kappa shape index (κ1) is 11.9. The van der Waals surface area contributed by atoms with Crippen LogP contribution in [0.2, 0.25) is 0 Å². The number of ketones is 1. The third-order valence-electron chi connectivity index (χ3n) is 2.06. The molecule has 0 rings (SSSR count). The van der Waals surface area contributed by atoms with Gasteiger partial charge in [-0.25, -0.2) is 0 Å². The van der Waals surface area contributed by atoms with E-state index in [4.69, 9.17) is 0 Å². The Morgan fingerprint density at radius 2 is 1.92 bits per heavy atom. The third kappa shape index (κ3) is 2.72. The Hall–Kier alpha value is -0.140. The van der Waals surface area contributed by atoms with Crippen LogP contribution in [0.3, 0.4) is 0 Å². The van der Waals surface area contributed by atoms with Crippen molar-refractivity contribution in [2.75, 3.05) is 6.16 Å². The van der Waals surface area contributed by atoms with Crippen molar-refractivity contribution in [3.05, 3.63) is 0 Å². The molecule has 0 aromatic heterocycles. The summed E-state index contributed by atoms with van der Waals surface area (Å²) >= 11 is 0. The molecule has 0 aliphatic rings. The predicted molar refractivity (Wildman–Crippen MR) is 49.7 cm³/mol. The van der Waals surface area contributed by atoms with E-state index < -0.39 is 12.5 Å². The number of carbonyl (C=O) groups excluding carboxylic acids is 1. The van der Waals surface area contributed by atoms with Gasteiger partial charge in [0.05, 0.1) is 0 Å². The van der Waals surface area contributed by atoms with Gasteiger partial charge in [0.15, 0.2) is 0 Å². The van der Waals surface area contributed by atoms with E-state index in [0.717, 1.165) is 0 Å². The van der Waals surface area contributed by atoms with Crippen LogP contribution in [0.1, 0.15) is 34.1 Å². The van der Waals surface area contributed by atoms with Crippen LogP contribution in [0, 0.1) is 0 Å². The first-order valence-corrected chi connectivity index (χ1v) is 5.89. The van der Waals surface area contributed by atoms with Gasteiger partial charge in [0.2, 0.25) is 7.37 Å². The average molecular weight is 192 g/mol. The summed E-state index contributed by atoms with van der Waals surface area (Å²) in [5, 5.41) is -0.770. The SMILES string of the molecule is CCP(=O)(O)C(C)(C)CC(C)=O. The lowest BCUT2D eigenvalue weighted by atomic mass is 10.1. The summed E-state index contributed by atoms with van der Waals surface area (Å²) in [6.45, 7) is 6.44. The molecule has 1 N–H and O–H groups in total. The van der Waals surface area contributed by atoms with Gasteiger partial charge in [-0.1, -0.05) is 20.8 Å². The minimum Gasteiger partial charge on any atom is -0.344 e. The molecule has 0 amide bonds. The fourth-order valence-electron chi connectivity index (χ4n) is 1.16. The highest BCUT2D eigenvalue weighted by Crippen LogP contribution is 2.55. The Labute approximate surface area is 73.6 Å². The van der Waals surface area contributed by atoms with Crippen molar-refractivity contribution in [2.45, 2.75) is 39.3 Å². The van der Waals surface area contributed by atoms with E-state index in [1.165, 1.54) is 6.92 Å². The highest BCUT2D eigenvalue weighted by Gasteiger charge is 2.37. The maximum Gasteiger partial charge on any atom is 0.206 e. The second-order valence-corrected chi connectivity index (χ2v) is 6.96. The average Bonchev–Trinajstić information content (AvgIpc) is 1.84. The van der Waals surface area contributed by atoms with Gasteiger partial charge in [-0.05, 0) is 6.92 Å². The minimum atomic E-state index is -3.15. The van der Waals surface area contributed by atoms with E-state index in [0.29, 0.717) is 0 Å². The molecule has 3 nitrogen and oxygen atoms in total. The molecule has 0 aromatic rings. The zero-order valence-corrected chi connectivity index (χ0v) is 9.02. The first-order valence-electron chi connectivity index (χ1n) is 4.04. The Balaban J connectivity index is 4.60. The molecule has 0 spiro atoms. The fraction of sp³-hybridized carbons (Fsp3) is 0.875. The molecule has 0 heterocycles. The summed E-state index contributed by atoms with van der Waals surface area (Å²) in [7, 11) is -3.15. The maximum absolute atomic E-state index is 11.5. The molecule has 0 aliphatic carbocycles. The zero-order valence-electron chi connectivity index (χ0n) is 8.13. The molecule has 0 radical (unpaired) electrons. The van der Waals surface area contributed by atoms with Crippen molar-refractivity contribution in [1.29, 1.82) is 0 Å². The molecule has 1 unspecified atom stereocenters. The summed E-state index contributed by atoms with van der Waals surface area (Å²) in [6.07, 6.45) is 0.405. The molecule has 0 saturated heterocycles. The standard InChI is InChI=1S/C8H17O3P/c1-5-12(10,11)8(3,4)6-7(2)9/h5-6H2,1-4H3,(H,10,11). The molecule has 0 fully saturated rings. The topological polar surface area (TPSA) is 54.4 Å². The van der Waals surface area contributed by atoms with Gasteiger partial charge in [0.25, 0.3) is 0 Å². The summed E-state index contributed by atoms with van der Waals surface area (Å²) in [4.78, 5) is 20.3. The molecule has 12 heavy (non-hydrogen) atoms. The normalized spacial score (nSPS) is 17.1. The van der Waals surface area contributed by atoms with Gasteiger partial charge in [-0.3, -0.25) is 9.36 Å². The number of Topliss-reactive ketones (excluding diaryl/α,β-unsaturated/α-hetero) is 1. The van der Waals surface area contributed by atoms with E-state index in [2.05, 4.69) is 0 Å². The molecule has 0 saturated carbocycles. The van der Waals surface area contributed by atoms with Crippen molar-refractivity contribution in [2.24, 2.45) is 0 Å². The van der Waals surface area contributed by atoms with Gasteiger partial charge in [-0.2, -0.15) is 0 Å². The second-order valence-electron chi connectivity index (χ2n) is 3.71. The largest absolute Gasteiger partial charge is 0.344 e. The summed E-state index contributed by atoms with van der Waals surface area (Å²) < 4.78 is 11.5. The van der Waals surface area contributed by atoms with Gasteiger partial charge in [0.1, 0.15) is 5.78 Å². The van der Waals surface area contributed by atoms with E-state index in [9.17, 15) is 14.3 Å². The van der Waals surface area contributed by atoms with Gasteiger partial charge in [0, 0.05) is 17.7 Å². The Kier molecular flexibility index (Phi) is 3.67. The Morgan fingerprint density at radius 1 is 1.50 bits per heavy atom. The van der Waals surface area contributed by atoms with Crippen LogP contribution in [0.25, 0.3) is 0 Å². The predicted octanol–water partition coefficient (Wildman–Crippen LogP) is 2.03. The van der Waals surface area contributed by atoms with Crippen molar-refractivity contribution < 1.29 is 14.3 Å². The molecule has 0 aromatic carbocycles. The number of hydrogen-bond donors (Lipinski definition) is 1. The number of rotatable bonds is 4. The van der Waals surface area contributed by atoms with Crippen molar-refractivity contribution >= 4 is 13.2 Å². The van der Waals surface area contributed by atoms with Gasteiger partial charge in [-0.15, -0.1) is 0 Å². The molecular formula is C8H17O3P. The summed E-state index contributed by atoms with van der Waals surface area (Å²) in [6, 6.07) is 0. The molecular weight excluding hydrogens is 175 g/mol. The van der Waals surface area contributed by atoms with Crippen LogP contribution in [-0.2, 0) is 9.36 Å². The second kappa shape index (κ2) is 3.71. The van der Waals surface area contributed by atoms with Crippen molar-refractivity contribution in [3.8, 4) is 0 Å². The van der Waals surface area contributed by atoms with E-state index in [1.807, 2.05) is 0 Å². The summed E-state index contributed by atoms with van der Waals surface area (Å²) in [5.41, 5.74) is 0. The van der Waals surface area contributed by atoms with Crippen molar-refractivity contribution in [1.82, 2.24) is 0 Å². The number of carbonyl (C=O) groups is 1. The van der Waals surface area contributed by atoms with Crippen LogP contribution in [0.15, 0.2) is 0 Å². The molecule has 1 atom stereocenters. The highest BCUT2D eigenvalue weighted by atomic mass is 31.2. The Bertz CT molecular complexity index is 220. The fourth-order valence-corrected chi connectivity index (χ4v) is 2.49. The lowest BCUT2D eigenvalue weighted by Crippen LogP contribution is -2.24. The Morgan fingerprint density at radius 3 is 2.17 bits per heavy atom. The summed E-state index contributed by atoms with van der Waals surface area (Å²) in [5.74, 6) is -0.0391. The molecule has 0 aliphatic heterocycles. The van der Waals surface area contributed by atoms with Crippen LogP contribution < -0.4 is 0 Å². The monoisotopic (exact) mass is 192 g/mol. The smallest absolute Gasteiger partial charge is 0.206 e. The quantitative estimate of drug-likeness (QED) is 0.693. The number of hydrogen-bond acceptors (Lipinski definition) is 2. The maximum atomic E-state index is 11.5. The molecule has 0 bridgehead atoms. The van der Waals surface area contributed by atoms with E-state index >= 15 is 0 Å². The van der Waals surface area contributed by atoms with Crippen LogP contribution in [0.5, 0.6) is 0 Å². The highest BCUT2D eigenvalue weighted by molar-refractivity contribution is 7.59. The van der Waals surface area contributed by atoms with Gasteiger partial charge < -0.3 is 4.89 Å². The third-order valence-corrected chi connectivity index (χ3v) is 4.96. The van der Waals surface area contributed by atoms with Crippen LogP contribution in [0.4, 0.5) is 0 Å². The molecule has 4 heteroatoms. The lowest BCUT2D eigenvalue weighted by molar-refractivity contribution is -0.117. The van der Waals surface area contributed by atoms with Crippen LogP contribution >= 0.6 is 7.37 Å². The lowest BCUT2D eigenvalue weighted by Gasteiger charge is -2.28. The zero-order chi connectivity index (χ0) is 9.99.